The highest BCUT2D eigenvalue weighted by atomic mass is 16.5. The molecule has 0 atom stereocenters. The molecule has 0 saturated heterocycles. The lowest BCUT2D eigenvalue weighted by Crippen LogP contribution is -2.21. The number of hydrogen-bond donors (Lipinski definition) is 1. The lowest BCUT2D eigenvalue weighted by Gasteiger charge is -2.10. The van der Waals surface area contributed by atoms with Crippen molar-refractivity contribution >= 4 is 17.6 Å². The van der Waals surface area contributed by atoms with Crippen molar-refractivity contribution in [2.75, 3.05) is 26.1 Å². The van der Waals surface area contributed by atoms with Crippen LogP contribution in [0.3, 0.4) is 0 Å². The highest BCUT2D eigenvalue weighted by Gasteiger charge is 2.10. The third-order valence-corrected chi connectivity index (χ3v) is 3.81. The smallest absolute Gasteiger partial charge is 0.306 e. The van der Waals surface area contributed by atoms with Crippen molar-refractivity contribution in [3.8, 4) is 11.5 Å². The van der Waals surface area contributed by atoms with Crippen molar-refractivity contribution in [1.29, 1.82) is 0 Å². The molecule has 0 bridgehead atoms. The molecule has 0 spiro atoms. The van der Waals surface area contributed by atoms with Gasteiger partial charge in [-0.2, -0.15) is 0 Å². The number of rotatable bonds is 8. The van der Waals surface area contributed by atoms with Crippen LogP contribution in [0, 0.1) is 6.92 Å². The number of nitrogens with one attached hydrogen (secondary N) is 1. The number of methoxy groups -OCH3 is 2. The molecule has 1 N–H and O–H groups in total. The summed E-state index contributed by atoms with van der Waals surface area (Å²) in [6, 6.07) is 12.8. The SMILES string of the molecule is COc1cc(CCC(=O)OCC(=O)Nc2ccccc2C)cc(OC)c1. The average molecular weight is 357 g/mol. The van der Waals surface area contributed by atoms with E-state index in [1.807, 2.05) is 37.3 Å². The normalized spacial score (nSPS) is 10.1. The molecule has 0 heterocycles. The first-order chi connectivity index (χ1) is 12.5. The second kappa shape index (κ2) is 9.46. The van der Waals surface area contributed by atoms with Gasteiger partial charge in [-0.05, 0) is 42.7 Å². The van der Waals surface area contributed by atoms with Crippen LogP contribution in [0.2, 0.25) is 0 Å². The molecule has 0 saturated carbocycles. The van der Waals surface area contributed by atoms with Crippen LogP contribution in [0.4, 0.5) is 5.69 Å². The van der Waals surface area contributed by atoms with Crippen LogP contribution in [0.15, 0.2) is 42.5 Å². The summed E-state index contributed by atoms with van der Waals surface area (Å²) in [6.45, 7) is 1.58. The zero-order chi connectivity index (χ0) is 18.9. The first-order valence-corrected chi connectivity index (χ1v) is 8.25. The monoisotopic (exact) mass is 357 g/mol. The van der Waals surface area contributed by atoms with E-state index in [2.05, 4.69) is 5.32 Å². The molecule has 2 aromatic carbocycles. The van der Waals surface area contributed by atoms with E-state index < -0.39 is 5.97 Å². The number of anilines is 1. The van der Waals surface area contributed by atoms with Crippen LogP contribution in [-0.2, 0) is 20.7 Å². The molecule has 0 fully saturated rings. The highest BCUT2D eigenvalue weighted by Crippen LogP contribution is 2.23. The van der Waals surface area contributed by atoms with Gasteiger partial charge in [-0.1, -0.05) is 18.2 Å². The van der Waals surface area contributed by atoms with Crippen LogP contribution in [0.25, 0.3) is 0 Å². The molecule has 0 aromatic heterocycles. The molecular weight excluding hydrogens is 334 g/mol. The third kappa shape index (κ3) is 5.81. The van der Waals surface area contributed by atoms with Crippen LogP contribution in [0.5, 0.6) is 11.5 Å². The quantitative estimate of drug-likeness (QED) is 0.735. The van der Waals surface area contributed by atoms with Crippen molar-refractivity contribution < 1.29 is 23.8 Å². The van der Waals surface area contributed by atoms with Gasteiger partial charge in [-0.15, -0.1) is 0 Å². The van der Waals surface area contributed by atoms with E-state index in [1.54, 1.807) is 26.4 Å². The van der Waals surface area contributed by atoms with E-state index in [0.29, 0.717) is 23.6 Å². The predicted molar refractivity (Wildman–Crippen MR) is 98.6 cm³/mol. The average Bonchev–Trinajstić information content (AvgIpc) is 2.66. The molecule has 138 valence electrons. The van der Waals surface area contributed by atoms with Gasteiger partial charge in [0.25, 0.3) is 5.91 Å². The zero-order valence-corrected chi connectivity index (χ0v) is 15.2. The second-order valence-electron chi connectivity index (χ2n) is 5.74. The fourth-order valence-corrected chi connectivity index (χ4v) is 2.37. The summed E-state index contributed by atoms with van der Waals surface area (Å²) in [5.74, 6) is 0.512. The summed E-state index contributed by atoms with van der Waals surface area (Å²) in [6.07, 6.45) is 0.625. The fourth-order valence-electron chi connectivity index (χ4n) is 2.37. The number of esters is 1. The van der Waals surface area contributed by atoms with E-state index in [-0.39, 0.29) is 18.9 Å². The zero-order valence-electron chi connectivity index (χ0n) is 15.2. The molecule has 26 heavy (non-hydrogen) atoms. The topological polar surface area (TPSA) is 73.9 Å². The first-order valence-electron chi connectivity index (χ1n) is 8.25. The first kappa shape index (κ1) is 19.3. The van der Waals surface area contributed by atoms with Gasteiger partial charge in [0, 0.05) is 18.2 Å². The fraction of sp³-hybridized carbons (Fsp3) is 0.300. The van der Waals surface area contributed by atoms with Crippen molar-refractivity contribution in [3.63, 3.8) is 0 Å². The molecule has 2 aromatic rings. The second-order valence-corrected chi connectivity index (χ2v) is 5.74. The van der Waals surface area contributed by atoms with E-state index in [9.17, 15) is 9.59 Å². The van der Waals surface area contributed by atoms with Crippen molar-refractivity contribution in [2.45, 2.75) is 19.8 Å². The Hall–Kier alpha value is -3.02. The summed E-state index contributed by atoms with van der Waals surface area (Å²) in [5.41, 5.74) is 2.54. The number of amides is 1. The Balaban J connectivity index is 1.80. The lowest BCUT2D eigenvalue weighted by atomic mass is 10.1. The number of carbonyl (C=O) groups is 2. The molecule has 0 aliphatic rings. The number of hydrogen-bond acceptors (Lipinski definition) is 5. The standard InChI is InChI=1S/C20H23NO5/c1-14-6-4-5-7-18(14)21-19(22)13-26-20(23)9-8-15-10-16(24-2)12-17(11-15)25-3/h4-7,10-12H,8-9,13H2,1-3H3,(H,21,22). The summed E-state index contributed by atoms with van der Waals surface area (Å²) in [4.78, 5) is 23.8. The van der Waals surface area contributed by atoms with Gasteiger partial charge in [0.05, 0.1) is 14.2 Å². The lowest BCUT2D eigenvalue weighted by molar-refractivity contribution is -0.147. The Labute approximate surface area is 153 Å². The van der Waals surface area contributed by atoms with E-state index in [4.69, 9.17) is 14.2 Å². The van der Waals surface area contributed by atoms with Gasteiger partial charge in [-0.3, -0.25) is 9.59 Å². The molecule has 6 heteroatoms. The number of benzene rings is 2. The highest BCUT2D eigenvalue weighted by molar-refractivity contribution is 5.93. The predicted octanol–water partition coefficient (Wildman–Crippen LogP) is 3.13. The summed E-state index contributed by atoms with van der Waals surface area (Å²) >= 11 is 0. The summed E-state index contributed by atoms with van der Waals surface area (Å²) in [7, 11) is 3.14. The summed E-state index contributed by atoms with van der Waals surface area (Å²) in [5, 5.41) is 2.72. The van der Waals surface area contributed by atoms with Crippen LogP contribution in [-0.4, -0.2) is 32.7 Å². The third-order valence-electron chi connectivity index (χ3n) is 3.81. The molecule has 0 radical (unpaired) electrons. The van der Waals surface area contributed by atoms with E-state index in [0.717, 1.165) is 11.1 Å². The Morgan fingerprint density at radius 3 is 2.27 bits per heavy atom. The molecule has 1 amide bonds. The van der Waals surface area contributed by atoms with Crippen LogP contribution >= 0.6 is 0 Å². The molecule has 0 unspecified atom stereocenters. The van der Waals surface area contributed by atoms with Crippen LogP contribution in [0.1, 0.15) is 17.5 Å². The van der Waals surface area contributed by atoms with Crippen molar-refractivity contribution in [2.24, 2.45) is 0 Å². The minimum atomic E-state index is -0.438. The number of ether oxygens (including phenoxy) is 3. The van der Waals surface area contributed by atoms with E-state index in [1.165, 1.54) is 0 Å². The Morgan fingerprint density at radius 2 is 1.65 bits per heavy atom. The number of carbonyl (C=O) groups excluding carboxylic acids is 2. The van der Waals surface area contributed by atoms with Gasteiger partial charge in [0.2, 0.25) is 0 Å². The maximum Gasteiger partial charge on any atom is 0.306 e. The van der Waals surface area contributed by atoms with Gasteiger partial charge in [0.1, 0.15) is 11.5 Å². The van der Waals surface area contributed by atoms with Gasteiger partial charge in [0.15, 0.2) is 6.61 Å². The minimum Gasteiger partial charge on any atom is -0.497 e. The Bertz CT molecular complexity index is 750. The van der Waals surface area contributed by atoms with Crippen LogP contribution < -0.4 is 14.8 Å². The molecular formula is C20H23NO5. The molecule has 0 aliphatic carbocycles. The summed E-state index contributed by atoms with van der Waals surface area (Å²) < 4.78 is 15.4. The van der Waals surface area contributed by atoms with E-state index >= 15 is 0 Å². The minimum absolute atomic E-state index is 0.161. The van der Waals surface area contributed by atoms with Gasteiger partial charge >= 0.3 is 5.97 Å². The Kier molecular flexibility index (Phi) is 7.02. The number of aryl methyl sites for hydroxylation is 2. The maximum absolute atomic E-state index is 11.9. The van der Waals surface area contributed by atoms with Gasteiger partial charge < -0.3 is 19.5 Å². The Morgan fingerprint density at radius 1 is 1.00 bits per heavy atom. The molecule has 2 rings (SSSR count). The van der Waals surface area contributed by atoms with Gasteiger partial charge in [-0.25, -0.2) is 0 Å². The largest absolute Gasteiger partial charge is 0.497 e. The van der Waals surface area contributed by atoms with Crippen molar-refractivity contribution in [3.05, 3.63) is 53.6 Å². The molecule has 0 aliphatic heterocycles. The molecule has 6 nitrogen and oxygen atoms in total. The van der Waals surface area contributed by atoms with Crippen molar-refractivity contribution in [1.82, 2.24) is 0 Å². The maximum atomic E-state index is 11.9. The number of para-hydroxylation sites is 1.